The zero-order valence-electron chi connectivity index (χ0n) is 12.6. The number of benzene rings is 1. The van der Waals surface area contributed by atoms with Crippen LogP contribution in [0.5, 0.6) is 0 Å². The van der Waals surface area contributed by atoms with Crippen molar-refractivity contribution in [1.29, 1.82) is 0 Å². The monoisotopic (exact) mass is 277 g/mol. The fourth-order valence-electron chi connectivity index (χ4n) is 2.71. The summed E-state index contributed by atoms with van der Waals surface area (Å²) >= 11 is 0. The number of aromatic nitrogens is 2. The molecular formula is C16H24FN3. The van der Waals surface area contributed by atoms with E-state index in [0.717, 1.165) is 42.7 Å². The molecule has 4 heteroatoms. The van der Waals surface area contributed by atoms with E-state index in [1.807, 2.05) is 13.0 Å². The maximum Gasteiger partial charge on any atom is 0.125 e. The van der Waals surface area contributed by atoms with Gasteiger partial charge in [-0.15, -0.1) is 0 Å². The van der Waals surface area contributed by atoms with E-state index in [4.69, 9.17) is 5.73 Å². The lowest BCUT2D eigenvalue weighted by Crippen LogP contribution is -2.14. The molecule has 0 saturated carbocycles. The second-order valence-electron chi connectivity index (χ2n) is 5.66. The van der Waals surface area contributed by atoms with Gasteiger partial charge >= 0.3 is 0 Å². The molecule has 0 aliphatic carbocycles. The molecule has 0 spiro atoms. The summed E-state index contributed by atoms with van der Waals surface area (Å²) in [4.78, 5) is 4.63. The Morgan fingerprint density at radius 3 is 2.70 bits per heavy atom. The molecule has 20 heavy (non-hydrogen) atoms. The van der Waals surface area contributed by atoms with Crippen LogP contribution >= 0.6 is 0 Å². The summed E-state index contributed by atoms with van der Waals surface area (Å²) in [5.74, 6) is 1.19. The largest absolute Gasteiger partial charge is 0.328 e. The molecule has 3 nitrogen and oxygen atoms in total. The minimum atomic E-state index is -0.227. The highest BCUT2D eigenvalue weighted by atomic mass is 19.1. The first-order chi connectivity index (χ1) is 9.52. The number of halogens is 1. The van der Waals surface area contributed by atoms with E-state index in [1.54, 1.807) is 0 Å². The molecule has 0 aliphatic heterocycles. The number of nitrogens with zero attached hydrogens (tertiary/aromatic N) is 2. The Morgan fingerprint density at radius 2 is 2.05 bits per heavy atom. The van der Waals surface area contributed by atoms with Crippen LogP contribution < -0.4 is 5.73 Å². The quantitative estimate of drug-likeness (QED) is 0.872. The lowest BCUT2D eigenvalue weighted by atomic mass is 10.0. The first-order valence-electron chi connectivity index (χ1n) is 7.44. The molecule has 1 aromatic carbocycles. The van der Waals surface area contributed by atoms with Gasteiger partial charge in [0, 0.05) is 24.6 Å². The highest BCUT2D eigenvalue weighted by Gasteiger charge is 2.16. The summed E-state index contributed by atoms with van der Waals surface area (Å²) in [6.07, 6.45) is 3.19. The molecular weight excluding hydrogens is 253 g/mol. The zero-order valence-corrected chi connectivity index (χ0v) is 12.6. The van der Waals surface area contributed by atoms with E-state index in [9.17, 15) is 4.39 Å². The maximum absolute atomic E-state index is 13.3. The van der Waals surface area contributed by atoms with Crippen LogP contribution in [0.25, 0.3) is 11.0 Å². The fourth-order valence-corrected chi connectivity index (χ4v) is 2.71. The van der Waals surface area contributed by atoms with Crippen molar-refractivity contribution in [2.24, 2.45) is 5.73 Å². The van der Waals surface area contributed by atoms with Gasteiger partial charge in [-0.1, -0.05) is 13.3 Å². The van der Waals surface area contributed by atoms with Crippen molar-refractivity contribution in [2.45, 2.75) is 58.5 Å². The first-order valence-corrected chi connectivity index (χ1v) is 7.44. The Labute approximate surface area is 120 Å². The Kier molecular flexibility index (Phi) is 4.76. The van der Waals surface area contributed by atoms with Gasteiger partial charge < -0.3 is 10.3 Å². The van der Waals surface area contributed by atoms with Crippen LogP contribution in [0.15, 0.2) is 18.2 Å². The van der Waals surface area contributed by atoms with Gasteiger partial charge in [0.05, 0.1) is 11.0 Å². The van der Waals surface area contributed by atoms with Crippen molar-refractivity contribution in [3.8, 4) is 0 Å². The predicted molar refractivity (Wildman–Crippen MR) is 81.3 cm³/mol. The average Bonchev–Trinajstić information content (AvgIpc) is 2.75. The topological polar surface area (TPSA) is 43.8 Å². The van der Waals surface area contributed by atoms with Gasteiger partial charge in [-0.2, -0.15) is 0 Å². The normalized spacial score (nSPS) is 14.7. The lowest BCUT2D eigenvalue weighted by molar-refractivity contribution is 0.528. The second-order valence-corrected chi connectivity index (χ2v) is 5.66. The van der Waals surface area contributed by atoms with E-state index < -0.39 is 0 Å². The molecule has 110 valence electrons. The van der Waals surface area contributed by atoms with Crippen molar-refractivity contribution < 1.29 is 4.39 Å². The number of rotatable bonds is 6. The second kappa shape index (κ2) is 6.35. The summed E-state index contributed by atoms with van der Waals surface area (Å²) < 4.78 is 15.5. The Bertz CT molecular complexity index is 574. The van der Waals surface area contributed by atoms with E-state index in [2.05, 4.69) is 23.4 Å². The van der Waals surface area contributed by atoms with Crippen molar-refractivity contribution >= 4 is 11.0 Å². The van der Waals surface area contributed by atoms with Gasteiger partial charge in [0.15, 0.2) is 0 Å². The summed E-state index contributed by atoms with van der Waals surface area (Å²) in [6.45, 7) is 7.18. The molecule has 2 unspecified atom stereocenters. The highest BCUT2D eigenvalue weighted by Crippen LogP contribution is 2.26. The molecule has 2 N–H and O–H groups in total. The maximum atomic E-state index is 13.3. The van der Waals surface area contributed by atoms with E-state index in [-0.39, 0.29) is 11.9 Å². The van der Waals surface area contributed by atoms with Crippen molar-refractivity contribution in [1.82, 2.24) is 9.55 Å². The Hall–Kier alpha value is -1.42. The van der Waals surface area contributed by atoms with Gasteiger partial charge in [-0.3, -0.25) is 0 Å². The third-order valence-electron chi connectivity index (χ3n) is 3.79. The Balaban J connectivity index is 2.24. The summed E-state index contributed by atoms with van der Waals surface area (Å²) in [6, 6.07) is 5.08. The molecule has 2 rings (SSSR count). The number of hydrogen-bond donors (Lipinski definition) is 1. The molecule has 0 bridgehead atoms. The van der Waals surface area contributed by atoms with Gasteiger partial charge in [0.1, 0.15) is 11.6 Å². The predicted octanol–water partition coefficient (Wildman–Crippen LogP) is 3.82. The van der Waals surface area contributed by atoms with Crippen LogP contribution in [-0.4, -0.2) is 15.6 Å². The van der Waals surface area contributed by atoms with Crippen LogP contribution in [-0.2, 0) is 6.54 Å². The highest BCUT2D eigenvalue weighted by molar-refractivity contribution is 5.76. The van der Waals surface area contributed by atoms with Crippen LogP contribution in [0.2, 0.25) is 0 Å². The van der Waals surface area contributed by atoms with Crippen LogP contribution in [0.4, 0.5) is 4.39 Å². The number of nitrogens with two attached hydrogens (primary N) is 1. The van der Waals surface area contributed by atoms with E-state index in [1.165, 1.54) is 12.1 Å². The molecule has 0 aliphatic rings. The third kappa shape index (κ3) is 3.18. The molecule has 0 radical (unpaired) electrons. The molecule has 2 aromatic rings. The fraction of sp³-hybridized carbons (Fsp3) is 0.562. The van der Waals surface area contributed by atoms with Crippen molar-refractivity contribution in [3.63, 3.8) is 0 Å². The number of fused-ring (bicyclic) bond motifs is 1. The Morgan fingerprint density at radius 1 is 1.30 bits per heavy atom. The van der Waals surface area contributed by atoms with E-state index >= 15 is 0 Å². The minimum Gasteiger partial charge on any atom is -0.328 e. The number of hydrogen-bond acceptors (Lipinski definition) is 2. The van der Waals surface area contributed by atoms with Crippen LogP contribution in [0.3, 0.4) is 0 Å². The molecule has 1 heterocycles. The molecule has 2 atom stereocenters. The minimum absolute atomic E-state index is 0.227. The van der Waals surface area contributed by atoms with Crippen LogP contribution in [0.1, 0.15) is 51.8 Å². The van der Waals surface area contributed by atoms with Gasteiger partial charge in [0.2, 0.25) is 0 Å². The smallest absolute Gasteiger partial charge is 0.125 e. The molecule has 1 aromatic heterocycles. The van der Waals surface area contributed by atoms with Gasteiger partial charge in [-0.05, 0) is 38.8 Å². The lowest BCUT2D eigenvalue weighted by Gasteiger charge is -2.14. The van der Waals surface area contributed by atoms with Crippen molar-refractivity contribution in [3.05, 3.63) is 29.8 Å². The molecule has 0 amide bonds. The average molecular weight is 277 g/mol. The SMILES string of the molecule is CCn1c(C(C)CCCC(C)N)nc2cc(F)ccc21. The summed E-state index contributed by atoms with van der Waals surface area (Å²) in [7, 11) is 0. The van der Waals surface area contributed by atoms with Crippen LogP contribution in [0, 0.1) is 5.82 Å². The zero-order chi connectivity index (χ0) is 14.7. The summed E-state index contributed by atoms with van der Waals surface area (Å²) in [5.41, 5.74) is 7.56. The van der Waals surface area contributed by atoms with Crippen molar-refractivity contribution in [2.75, 3.05) is 0 Å². The molecule has 0 saturated heterocycles. The first kappa shape index (κ1) is 15.0. The summed E-state index contributed by atoms with van der Waals surface area (Å²) in [5, 5.41) is 0. The number of aryl methyl sites for hydroxylation is 1. The van der Waals surface area contributed by atoms with Gasteiger partial charge in [0.25, 0.3) is 0 Å². The van der Waals surface area contributed by atoms with E-state index in [0.29, 0.717) is 5.92 Å². The standard InChI is InChI=1S/C16H24FN3/c1-4-20-15-9-8-13(17)10-14(15)19-16(20)11(2)6-5-7-12(3)18/h8-12H,4-7,18H2,1-3H3. The molecule has 0 fully saturated rings. The van der Waals surface area contributed by atoms with Gasteiger partial charge in [-0.25, -0.2) is 9.37 Å². The number of imidazole rings is 1. The third-order valence-corrected chi connectivity index (χ3v) is 3.79.